The first-order valence-corrected chi connectivity index (χ1v) is 6.98. The smallest absolute Gasteiger partial charge is 0.249 e. The third-order valence-electron chi connectivity index (χ3n) is 2.24. The van der Waals surface area contributed by atoms with E-state index < -0.39 is 0 Å². The Balaban J connectivity index is 1.72. The number of primary amides is 1. The Bertz CT molecular complexity index is 479. The Morgan fingerprint density at radius 2 is 2.35 bits per heavy atom. The first kappa shape index (κ1) is 12.2. The number of amides is 1. The number of nitrogens with zero attached hydrogens (tertiary/aromatic N) is 1. The second-order valence-corrected chi connectivity index (χ2v) is 5.49. The van der Waals surface area contributed by atoms with E-state index in [0.717, 1.165) is 29.4 Å². The van der Waals surface area contributed by atoms with Crippen molar-refractivity contribution in [1.29, 1.82) is 0 Å². The van der Waals surface area contributed by atoms with Gasteiger partial charge < -0.3 is 11.1 Å². The number of hydrogen-bond donors (Lipinski definition) is 2. The molecule has 4 nitrogen and oxygen atoms in total. The summed E-state index contributed by atoms with van der Waals surface area (Å²) < 4.78 is 0. The summed E-state index contributed by atoms with van der Waals surface area (Å²) in [7, 11) is 0. The average molecular weight is 267 g/mol. The Morgan fingerprint density at radius 1 is 1.47 bits per heavy atom. The molecule has 3 N–H and O–H groups in total. The van der Waals surface area contributed by atoms with Crippen LogP contribution in [-0.4, -0.2) is 17.4 Å². The molecule has 0 fully saturated rings. The summed E-state index contributed by atoms with van der Waals surface area (Å²) in [6, 6.07) is 1.84. The normalized spacial score (nSPS) is 10.6. The fourth-order valence-electron chi connectivity index (χ4n) is 1.39. The van der Waals surface area contributed by atoms with Gasteiger partial charge in [0.1, 0.15) is 0 Å². The lowest BCUT2D eigenvalue weighted by Crippen LogP contribution is -2.16. The highest BCUT2D eigenvalue weighted by atomic mass is 32.1. The summed E-state index contributed by atoms with van der Waals surface area (Å²) >= 11 is 3.22. The van der Waals surface area contributed by atoms with Gasteiger partial charge in [0, 0.05) is 41.3 Å². The van der Waals surface area contributed by atoms with Gasteiger partial charge in [-0.05, 0) is 6.07 Å². The number of thiophene rings is 1. The number of hydrogen-bond acceptors (Lipinski definition) is 5. The molecule has 2 heterocycles. The molecule has 2 aromatic heterocycles. The van der Waals surface area contributed by atoms with Crippen molar-refractivity contribution >= 4 is 28.6 Å². The number of nitrogens with two attached hydrogens (primary N) is 1. The van der Waals surface area contributed by atoms with E-state index in [4.69, 9.17) is 5.73 Å². The second-order valence-electron chi connectivity index (χ2n) is 3.52. The molecule has 0 aliphatic rings. The van der Waals surface area contributed by atoms with E-state index >= 15 is 0 Å². The van der Waals surface area contributed by atoms with Gasteiger partial charge in [-0.15, -0.1) is 22.7 Å². The Labute approximate surface area is 107 Å². The van der Waals surface area contributed by atoms with E-state index in [2.05, 4.69) is 10.3 Å². The molecule has 6 heteroatoms. The van der Waals surface area contributed by atoms with E-state index in [1.807, 2.05) is 17.6 Å². The monoisotopic (exact) mass is 267 g/mol. The molecule has 0 radical (unpaired) electrons. The maximum absolute atomic E-state index is 10.9. The molecule has 17 heavy (non-hydrogen) atoms. The molecule has 0 bridgehead atoms. The summed E-state index contributed by atoms with van der Waals surface area (Å²) in [5.41, 5.74) is 5.78. The number of carbonyl (C=O) groups is 1. The first-order valence-electron chi connectivity index (χ1n) is 5.22. The van der Waals surface area contributed by atoms with Crippen LogP contribution in [0.25, 0.3) is 0 Å². The fraction of sp³-hybridized carbons (Fsp3) is 0.273. The van der Waals surface area contributed by atoms with Gasteiger partial charge in [0.25, 0.3) is 0 Å². The van der Waals surface area contributed by atoms with Crippen LogP contribution in [0.2, 0.25) is 0 Å². The number of aromatic nitrogens is 1. The van der Waals surface area contributed by atoms with Crippen LogP contribution in [0.5, 0.6) is 0 Å². The van der Waals surface area contributed by atoms with Crippen molar-refractivity contribution in [1.82, 2.24) is 10.3 Å². The fourth-order valence-corrected chi connectivity index (χ4v) is 2.85. The summed E-state index contributed by atoms with van der Waals surface area (Å²) in [6.07, 6.45) is 2.75. The summed E-state index contributed by atoms with van der Waals surface area (Å²) in [5, 5.41) is 8.23. The third kappa shape index (κ3) is 3.62. The van der Waals surface area contributed by atoms with Crippen LogP contribution in [0.3, 0.4) is 0 Å². The quantitative estimate of drug-likeness (QED) is 0.782. The zero-order chi connectivity index (χ0) is 12.1. The van der Waals surface area contributed by atoms with Gasteiger partial charge in [0.15, 0.2) is 0 Å². The Morgan fingerprint density at radius 3 is 3.00 bits per heavy atom. The minimum atomic E-state index is -0.365. The Hall–Kier alpha value is -1.24. The molecule has 0 aliphatic carbocycles. The van der Waals surface area contributed by atoms with Crippen molar-refractivity contribution in [3.8, 4) is 0 Å². The van der Waals surface area contributed by atoms with Gasteiger partial charge in [0.05, 0.1) is 10.6 Å². The molecule has 90 valence electrons. The number of nitrogens with one attached hydrogen (secondary N) is 1. The van der Waals surface area contributed by atoms with Gasteiger partial charge in [-0.3, -0.25) is 4.79 Å². The number of carbonyl (C=O) groups excluding carboxylic acids is 1. The van der Waals surface area contributed by atoms with Crippen molar-refractivity contribution in [2.75, 3.05) is 6.54 Å². The van der Waals surface area contributed by atoms with Gasteiger partial charge in [-0.1, -0.05) is 0 Å². The molecule has 0 aromatic carbocycles. The Kier molecular flexibility index (Phi) is 4.24. The molecule has 0 atom stereocenters. The highest BCUT2D eigenvalue weighted by molar-refractivity contribution is 7.10. The van der Waals surface area contributed by atoms with Crippen LogP contribution < -0.4 is 11.1 Å². The lowest BCUT2D eigenvalue weighted by molar-refractivity contribution is 0.100. The molecule has 2 aromatic rings. The SMILES string of the molecule is NC(=O)c1csc(CNCCc2nccs2)c1. The molecule has 2 rings (SSSR count). The van der Waals surface area contributed by atoms with Crippen LogP contribution in [0.15, 0.2) is 23.0 Å². The van der Waals surface area contributed by atoms with Crippen molar-refractivity contribution < 1.29 is 4.79 Å². The third-order valence-corrected chi connectivity index (χ3v) is 4.01. The predicted octanol–water partition coefficient (Wildman–Crippen LogP) is 1.64. The van der Waals surface area contributed by atoms with Gasteiger partial charge in [-0.2, -0.15) is 0 Å². The van der Waals surface area contributed by atoms with E-state index in [1.165, 1.54) is 0 Å². The van der Waals surface area contributed by atoms with Gasteiger partial charge >= 0.3 is 0 Å². The van der Waals surface area contributed by atoms with Crippen LogP contribution in [0, 0.1) is 0 Å². The van der Waals surface area contributed by atoms with E-state index in [-0.39, 0.29) is 5.91 Å². The highest BCUT2D eigenvalue weighted by Gasteiger charge is 2.04. The average Bonchev–Trinajstić information content (AvgIpc) is 2.96. The van der Waals surface area contributed by atoms with Crippen LogP contribution >= 0.6 is 22.7 Å². The summed E-state index contributed by atoms with van der Waals surface area (Å²) in [4.78, 5) is 16.2. The van der Waals surface area contributed by atoms with Crippen LogP contribution in [0.4, 0.5) is 0 Å². The second kappa shape index (κ2) is 5.90. The van der Waals surface area contributed by atoms with Gasteiger partial charge in [-0.25, -0.2) is 4.98 Å². The molecule has 0 aliphatic heterocycles. The van der Waals surface area contributed by atoms with Crippen molar-refractivity contribution in [3.05, 3.63) is 38.5 Å². The zero-order valence-electron chi connectivity index (χ0n) is 9.18. The maximum Gasteiger partial charge on any atom is 0.249 e. The molecule has 0 saturated heterocycles. The van der Waals surface area contributed by atoms with E-state index in [1.54, 1.807) is 28.1 Å². The summed E-state index contributed by atoms with van der Waals surface area (Å²) in [5.74, 6) is -0.365. The van der Waals surface area contributed by atoms with Crippen molar-refractivity contribution in [2.45, 2.75) is 13.0 Å². The zero-order valence-corrected chi connectivity index (χ0v) is 10.8. The molecular weight excluding hydrogens is 254 g/mol. The van der Waals surface area contributed by atoms with Crippen molar-refractivity contribution in [3.63, 3.8) is 0 Å². The minimum absolute atomic E-state index is 0.365. The van der Waals surface area contributed by atoms with E-state index in [9.17, 15) is 4.79 Å². The first-order chi connectivity index (χ1) is 8.25. The molecule has 0 unspecified atom stereocenters. The molecular formula is C11H13N3OS2. The topological polar surface area (TPSA) is 68.0 Å². The largest absolute Gasteiger partial charge is 0.366 e. The number of rotatable bonds is 6. The van der Waals surface area contributed by atoms with Crippen LogP contribution in [0.1, 0.15) is 20.2 Å². The number of thiazole rings is 1. The summed E-state index contributed by atoms with van der Waals surface area (Å²) in [6.45, 7) is 1.65. The van der Waals surface area contributed by atoms with Gasteiger partial charge in [0.2, 0.25) is 5.91 Å². The maximum atomic E-state index is 10.9. The lowest BCUT2D eigenvalue weighted by Gasteiger charge is -2.00. The molecule has 0 spiro atoms. The predicted molar refractivity (Wildman–Crippen MR) is 70.4 cm³/mol. The van der Waals surface area contributed by atoms with Crippen LogP contribution in [-0.2, 0) is 13.0 Å². The standard InChI is InChI=1S/C11H13N3OS2/c12-11(15)8-5-9(17-7-8)6-13-2-1-10-14-3-4-16-10/h3-5,7,13H,1-2,6H2,(H2,12,15). The minimum Gasteiger partial charge on any atom is -0.366 e. The highest BCUT2D eigenvalue weighted by Crippen LogP contribution is 2.13. The van der Waals surface area contributed by atoms with E-state index in [0.29, 0.717) is 5.56 Å². The molecule has 0 saturated carbocycles. The molecule has 1 amide bonds. The lowest BCUT2D eigenvalue weighted by atomic mass is 10.3. The van der Waals surface area contributed by atoms with Crippen molar-refractivity contribution in [2.24, 2.45) is 5.73 Å².